The van der Waals surface area contributed by atoms with Crippen LogP contribution in [-0.4, -0.2) is 30.4 Å². The zero-order chi connectivity index (χ0) is 15.5. The summed E-state index contributed by atoms with van der Waals surface area (Å²) in [6.45, 7) is 6.41. The minimum absolute atomic E-state index is 0.133. The van der Waals surface area contributed by atoms with Crippen molar-refractivity contribution in [2.75, 3.05) is 19.6 Å². The SMILES string of the molecule is CC(C)CNC(=O)CN1CCc2sccc2C1c1cccs1. The van der Waals surface area contributed by atoms with E-state index < -0.39 is 0 Å². The molecule has 1 unspecified atom stereocenters. The number of rotatable bonds is 5. The fraction of sp³-hybridized carbons (Fsp3) is 0.471. The van der Waals surface area contributed by atoms with Crippen LogP contribution in [0.15, 0.2) is 29.0 Å². The number of hydrogen-bond acceptors (Lipinski definition) is 4. The second kappa shape index (κ2) is 6.94. The van der Waals surface area contributed by atoms with E-state index in [0.29, 0.717) is 12.5 Å². The van der Waals surface area contributed by atoms with Gasteiger partial charge in [-0.1, -0.05) is 19.9 Å². The molecule has 5 heteroatoms. The summed E-state index contributed by atoms with van der Waals surface area (Å²) in [7, 11) is 0. The lowest BCUT2D eigenvalue weighted by Crippen LogP contribution is -2.43. The van der Waals surface area contributed by atoms with Gasteiger partial charge in [-0.05, 0) is 40.8 Å². The van der Waals surface area contributed by atoms with Crippen molar-refractivity contribution in [1.29, 1.82) is 0 Å². The Balaban J connectivity index is 1.77. The fourth-order valence-corrected chi connectivity index (χ4v) is 4.66. The lowest BCUT2D eigenvalue weighted by atomic mass is 9.98. The summed E-state index contributed by atoms with van der Waals surface area (Å²) in [5, 5.41) is 7.33. The Bertz CT molecular complexity index is 618. The van der Waals surface area contributed by atoms with Gasteiger partial charge in [-0.25, -0.2) is 0 Å². The van der Waals surface area contributed by atoms with E-state index >= 15 is 0 Å². The molecule has 2 aromatic rings. The van der Waals surface area contributed by atoms with Crippen molar-refractivity contribution in [3.63, 3.8) is 0 Å². The number of nitrogens with zero attached hydrogens (tertiary/aromatic N) is 1. The summed E-state index contributed by atoms with van der Waals surface area (Å²) < 4.78 is 0. The predicted molar refractivity (Wildman–Crippen MR) is 93.6 cm³/mol. The molecule has 0 fully saturated rings. The summed E-state index contributed by atoms with van der Waals surface area (Å²) in [6.07, 6.45) is 1.05. The van der Waals surface area contributed by atoms with Crippen molar-refractivity contribution in [2.45, 2.75) is 26.3 Å². The summed E-state index contributed by atoms with van der Waals surface area (Å²) in [5.74, 6) is 0.621. The average Bonchev–Trinajstić information content (AvgIpc) is 3.15. The quantitative estimate of drug-likeness (QED) is 0.907. The van der Waals surface area contributed by atoms with Crippen LogP contribution in [0.2, 0.25) is 0 Å². The predicted octanol–water partition coefficient (Wildman–Crippen LogP) is 3.53. The second-order valence-electron chi connectivity index (χ2n) is 6.14. The molecule has 0 saturated carbocycles. The highest BCUT2D eigenvalue weighted by molar-refractivity contribution is 7.10. The smallest absolute Gasteiger partial charge is 0.234 e. The van der Waals surface area contributed by atoms with E-state index in [1.54, 1.807) is 11.3 Å². The molecule has 22 heavy (non-hydrogen) atoms. The van der Waals surface area contributed by atoms with Gasteiger partial charge in [0.25, 0.3) is 0 Å². The molecule has 1 amide bonds. The Kier molecular flexibility index (Phi) is 4.96. The first-order valence-electron chi connectivity index (χ1n) is 7.75. The van der Waals surface area contributed by atoms with Crippen LogP contribution in [0, 0.1) is 5.92 Å². The van der Waals surface area contributed by atoms with Gasteiger partial charge in [-0.15, -0.1) is 22.7 Å². The highest BCUT2D eigenvalue weighted by Crippen LogP contribution is 2.39. The Morgan fingerprint density at radius 3 is 2.95 bits per heavy atom. The van der Waals surface area contributed by atoms with E-state index in [4.69, 9.17) is 0 Å². The molecular weight excluding hydrogens is 312 g/mol. The zero-order valence-corrected chi connectivity index (χ0v) is 14.7. The van der Waals surface area contributed by atoms with Crippen molar-refractivity contribution < 1.29 is 4.79 Å². The summed E-state index contributed by atoms with van der Waals surface area (Å²) in [4.78, 5) is 17.3. The van der Waals surface area contributed by atoms with Gasteiger partial charge in [0.05, 0.1) is 12.6 Å². The maximum Gasteiger partial charge on any atom is 0.234 e. The third kappa shape index (κ3) is 3.42. The van der Waals surface area contributed by atoms with Crippen molar-refractivity contribution in [2.24, 2.45) is 5.92 Å². The van der Waals surface area contributed by atoms with Crippen LogP contribution in [0.5, 0.6) is 0 Å². The fourth-order valence-electron chi connectivity index (χ4n) is 2.88. The maximum absolute atomic E-state index is 12.2. The second-order valence-corrected chi connectivity index (χ2v) is 8.12. The van der Waals surface area contributed by atoms with Crippen LogP contribution in [0.3, 0.4) is 0 Å². The molecule has 3 heterocycles. The number of carbonyl (C=O) groups excluding carboxylic acids is 1. The van der Waals surface area contributed by atoms with Crippen LogP contribution in [0.4, 0.5) is 0 Å². The van der Waals surface area contributed by atoms with E-state index in [1.807, 2.05) is 11.3 Å². The topological polar surface area (TPSA) is 32.3 Å². The first-order chi connectivity index (χ1) is 10.6. The number of hydrogen-bond donors (Lipinski definition) is 1. The Morgan fingerprint density at radius 2 is 2.23 bits per heavy atom. The summed E-state index contributed by atoms with van der Waals surface area (Å²) in [5.41, 5.74) is 1.38. The van der Waals surface area contributed by atoms with Gasteiger partial charge in [-0.3, -0.25) is 9.69 Å². The summed E-state index contributed by atoms with van der Waals surface area (Å²) in [6, 6.07) is 6.74. The molecule has 2 aromatic heterocycles. The van der Waals surface area contributed by atoms with Crippen LogP contribution >= 0.6 is 22.7 Å². The van der Waals surface area contributed by atoms with E-state index in [-0.39, 0.29) is 11.9 Å². The average molecular weight is 335 g/mol. The monoisotopic (exact) mass is 334 g/mol. The number of amides is 1. The van der Waals surface area contributed by atoms with Gasteiger partial charge in [0.2, 0.25) is 5.91 Å². The van der Waals surface area contributed by atoms with Crippen LogP contribution in [0.25, 0.3) is 0 Å². The minimum atomic E-state index is 0.133. The van der Waals surface area contributed by atoms with Crippen LogP contribution in [0.1, 0.15) is 35.2 Å². The van der Waals surface area contributed by atoms with Crippen molar-refractivity contribution >= 4 is 28.6 Å². The van der Waals surface area contributed by atoms with Gasteiger partial charge < -0.3 is 5.32 Å². The van der Waals surface area contributed by atoms with Crippen LogP contribution < -0.4 is 5.32 Å². The van der Waals surface area contributed by atoms with Crippen molar-refractivity contribution in [1.82, 2.24) is 10.2 Å². The van der Waals surface area contributed by atoms with Crippen LogP contribution in [-0.2, 0) is 11.2 Å². The van der Waals surface area contributed by atoms with Crippen molar-refractivity contribution in [3.8, 4) is 0 Å². The summed E-state index contributed by atoms with van der Waals surface area (Å²) >= 11 is 3.62. The molecule has 3 rings (SSSR count). The van der Waals surface area contributed by atoms with Crippen molar-refractivity contribution in [3.05, 3.63) is 44.3 Å². The molecule has 0 bridgehead atoms. The lowest BCUT2D eigenvalue weighted by Gasteiger charge is -2.34. The molecule has 1 N–H and O–H groups in total. The molecule has 0 saturated heterocycles. The third-order valence-electron chi connectivity index (χ3n) is 3.93. The molecule has 3 nitrogen and oxygen atoms in total. The molecule has 1 aliphatic rings. The van der Waals surface area contributed by atoms with Gasteiger partial charge in [0, 0.05) is 22.8 Å². The first kappa shape index (κ1) is 15.7. The molecular formula is C17H22N2OS2. The molecule has 1 aliphatic heterocycles. The standard InChI is InChI=1S/C17H22N2OS2/c1-12(2)10-18-16(20)11-19-7-5-14-13(6-9-22-14)17(19)15-4-3-8-21-15/h3-4,6,8-9,12,17H,5,7,10-11H2,1-2H3,(H,18,20). The molecule has 0 radical (unpaired) electrons. The molecule has 1 atom stereocenters. The molecule has 0 aliphatic carbocycles. The van der Waals surface area contributed by atoms with E-state index in [9.17, 15) is 4.79 Å². The zero-order valence-electron chi connectivity index (χ0n) is 13.0. The van der Waals surface area contributed by atoms with Gasteiger partial charge in [0.1, 0.15) is 0 Å². The number of nitrogens with one attached hydrogen (secondary N) is 1. The van der Waals surface area contributed by atoms with Gasteiger partial charge in [0.15, 0.2) is 0 Å². The Labute approximate surface area is 140 Å². The van der Waals surface area contributed by atoms with Gasteiger partial charge in [-0.2, -0.15) is 0 Å². The number of carbonyl (C=O) groups is 1. The molecule has 118 valence electrons. The third-order valence-corrected chi connectivity index (χ3v) is 5.85. The minimum Gasteiger partial charge on any atom is -0.355 e. The highest BCUT2D eigenvalue weighted by Gasteiger charge is 2.31. The number of thiophene rings is 2. The lowest BCUT2D eigenvalue weighted by molar-refractivity contribution is -0.122. The Hall–Kier alpha value is -1.17. The number of fused-ring (bicyclic) bond motifs is 1. The normalized spacial score (nSPS) is 18.4. The molecule has 0 spiro atoms. The van der Waals surface area contributed by atoms with E-state index in [0.717, 1.165) is 19.5 Å². The Morgan fingerprint density at radius 1 is 1.36 bits per heavy atom. The van der Waals surface area contributed by atoms with E-state index in [1.165, 1.54) is 15.3 Å². The largest absolute Gasteiger partial charge is 0.355 e. The highest BCUT2D eigenvalue weighted by atomic mass is 32.1. The van der Waals surface area contributed by atoms with E-state index in [2.05, 4.69) is 53.0 Å². The first-order valence-corrected chi connectivity index (χ1v) is 9.51. The maximum atomic E-state index is 12.2. The molecule has 0 aromatic carbocycles. The van der Waals surface area contributed by atoms with Gasteiger partial charge >= 0.3 is 0 Å².